The van der Waals surface area contributed by atoms with Gasteiger partial charge in [0.05, 0.1) is 12.1 Å². The number of aliphatic hydroxyl groups is 1. The highest BCUT2D eigenvalue weighted by atomic mass is 16.5. The fourth-order valence-electron chi connectivity index (χ4n) is 0.689. The number of hydrogen-bond acceptors (Lipinski definition) is 4. The number of aliphatic hydroxyl groups excluding tert-OH is 1. The summed E-state index contributed by atoms with van der Waals surface area (Å²) >= 11 is 0. The molecule has 1 rings (SSSR count). The summed E-state index contributed by atoms with van der Waals surface area (Å²) < 4.78 is 4.89. The second kappa shape index (κ2) is 4.38. The maximum atomic E-state index is 10.1. The van der Waals surface area contributed by atoms with Crippen LogP contribution in [0.1, 0.15) is 6.42 Å². The zero-order valence-corrected chi connectivity index (χ0v) is 6.04. The van der Waals surface area contributed by atoms with E-state index in [1.807, 2.05) is 0 Å². The van der Waals surface area contributed by atoms with Gasteiger partial charge in [0.2, 0.25) is 0 Å². The Morgan fingerprint density at radius 1 is 1.70 bits per heavy atom. The Hall–Kier alpha value is -0.450. The molecule has 1 atom stereocenters. The highest BCUT2D eigenvalue weighted by molar-refractivity contribution is 5.64. The Labute approximate surface area is 60.0 Å². The van der Waals surface area contributed by atoms with Crippen LogP contribution in [0.15, 0.2) is 0 Å². The van der Waals surface area contributed by atoms with Gasteiger partial charge in [-0.25, -0.2) is 0 Å². The van der Waals surface area contributed by atoms with E-state index < -0.39 is 5.54 Å². The molecule has 4 heteroatoms. The predicted molar refractivity (Wildman–Crippen MR) is 36.6 cm³/mol. The van der Waals surface area contributed by atoms with Crippen LogP contribution in [-0.2, 0) is 9.53 Å². The number of hydrogen-bond donors (Lipinski definition) is 2. The summed E-state index contributed by atoms with van der Waals surface area (Å²) in [6.07, 6.45) is 1.43. The number of aldehydes is 1. The molecule has 3 N–H and O–H groups in total. The van der Waals surface area contributed by atoms with Crippen molar-refractivity contribution in [2.75, 3.05) is 20.3 Å². The monoisotopic (exact) mass is 147 g/mol. The van der Waals surface area contributed by atoms with Crippen LogP contribution in [0, 0.1) is 0 Å². The van der Waals surface area contributed by atoms with E-state index in [-0.39, 0.29) is 0 Å². The van der Waals surface area contributed by atoms with Crippen molar-refractivity contribution < 1.29 is 14.6 Å². The third kappa shape index (κ3) is 2.43. The van der Waals surface area contributed by atoms with Crippen molar-refractivity contribution in [1.82, 2.24) is 0 Å². The molecule has 1 aliphatic heterocycles. The Balaban J connectivity index is 0.000000371. The molecule has 0 spiro atoms. The van der Waals surface area contributed by atoms with Crippen molar-refractivity contribution in [3.63, 3.8) is 0 Å². The molecule has 0 aromatic rings. The normalized spacial score (nSPS) is 30.7. The summed E-state index contributed by atoms with van der Waals surface area (Å²) in [5, 5.41) is 7.00. The first-order valence-electron chi connectivity index (χ1n) is 3.04. The van der Waals surface area contributed by atoms with Crippen LogP contribution in [0.4, 0.5) is 0 Å². The van der Waals surface area contributed by atoms with Gasteiger partial charge in [0, 0.05) is 13.7 Å². The van der Waals surface area contributed by atoms with E-state index in [1.54, 1.807) is 0 Å². The van der Waals surface area contributed by atoms with Gasteiger partial charge in [0.25, 0.3) is 0 Å². The average Bonchev–Trinajstić information content (AvgIpc) is 2.42. The minimum Gasteiger partial charge on any atom is -0.400 e. The van der Waals surface area contributed by atoms with Gasteiger partial charge < -0.3 is 20.4 Å². The minimum absolute atomic E-state index is 0.385. The first kappa shape index (κ1) is 9.55. The second-order valence-electron chi connectivity index (χ2n) is 2.15. The zero-order valence-electron chi connectivity index (χ0n) is 6.04. The first-order valence-corrected chi connectivity index (χ1v) is 3.04. The lowest BCUT2D eigenvalue weighted by Gasteiger charge is -2.10. The van der Waals surface area contributed by atoms with Crippen LogP contribution in [0.2, 0.25) is 0 Å². The quantitative estimate of drug-likeness (QED) is 0.462. The maximum absolute atomic E-state index is 10.1. The molecule has 0 aromatic heterocycles. The second-order valence-corrected chi connectivity index (χ2v) is 2.15. The smallest absolute Gasteiger partial charge is 0.142 e. The highest BCUT2D eigenvalue weighted by Gasteiger charge is 2.29. The zero-order chi connectivity index (χ0) is 8.04. The van der Waals surface area contributed by atoms with Gasteiger partial charge >= 0.3 is 0 Å². The van der Waals surface area contributed by atoms with Gasteiger partial charge in [0.1, 0.15) is 6.29 Å². The Kier molecular flexibility index (Phi) is 4.18. The fraction of sp³-hybridized carbons (Fsp3) is 0.833. The molecule has 1 heterocycles. The molecule has 1 saturated heterocycles. The molecule has 1 aliphatic rings. The summed E-state index contributed by atoms with van der Waals surface area (Å²) in [4.78, 5) is 10.1. The SMILES string of the molecule is CO.NC1(C=O)CCOC1. The molecule has 10 heavy (non-hydrogen) atoms. The van der Waals surface area contributed by atoms with Gasteiger partial charge in [-0.1, -0.05) is 0 Å². The molecule has 1 unspecified atom stereocenters. The van der Waals surface area contributed by atoms with Gasteiger partial charge in [-0.2, -0.15) is 0 Å². The van der Waals surface area contributed by atoms with E-state index in [4.69, 9.17) is 15.6 Å². The van der Waals surface area contributed by atoms with E-state index in [0.29, 0.717) is 19.6 Å². The van der Waals surface area contributed by atoms with Gasteiger partial charge in [0.15, 0.2) is 0 Å². The molecule has 4 nitrogen and oxygen atoms in total. The van der Waals surface area contributed by atoms with Crippen molar-refractivity contribution in [2.24, 2.45) is 5.73 Å². The van der Waals surface area contributed by atoms with Crippen LogP contribution in [0.5, 0.6) is 0 Å². The molecule has 0 aliphatic carbocycles. The molecule has 0 saturated carbocycles. The number of ether oxygens (including phenoxy) is 1. The summed E-state index contributed by atoms with van der Waals surface area (Å²) in [6.45, 7) is 1.01. The number of carbonyl (C=O) groups excluding carboxylic acids is 1. The minimum atomic E-state index is -0.667. The van der Waals surface area contributed by atoms with Crippen molar-refractivity contribution in [3.8, 4) is 0 Å². The van der Waals surface area contributed by atoms with Crippen molar-refractivity contribution in [1.29, 1.82) is 0 Å². The predicted octanol–water partition coefficient (Wildman–Crippen LogP) is -1.09. The third-order valence-corrected chi connectivity index (χ3v) is 1.32. The molecule has 0 radical (unpaired) electrons. The maximum Gasteiger partial charge on any atom is 0.142 e. The van der Waals surface area contributed by atoms with Crippen molar-refractivity contribution in [3.05, 3.63) is 0 Å². The van der Waals surface area contributed by atoms with E-state index >= 15 is 0 Å². The molecule has 1 fully saturated rings. The van der Waals surface area contributed by atoms with Crippen LogP contribution in [0.25, 0.3) is 0 Å². The van der Waals surface area contributed by atoms with E-state index in [0.717, 1.165) is 13.4 Å². The van der Waals surface area contributed by atoms with Crippen molar-refractivity contribution >= 4 is 6.29 Å². The first-order chi connectivity index (χ1) is 4.77. The van der Waals surface area contributed by atoms with Crippen molar-refractivity contribution in [2.45, 2.75) is 12.0 Å². The lowest BCUT2D eigenvalue weighted by molar-refractivity contribution is -0.112. The molecular weight excluding hydrogens is 134 g/mol. The van der Waals surface area contributed by atoms with Crippen LogP contribution >= 0.6 is 0 Å². The van der Waals surface area contributed by atoms with Crippen LogP contribution < -0.4 is 5.73 Å². The largest absolute Gasteiger partial charge is 0.400 e. The molecule has 0 bridgehead atoms. The number of rotatable bonds is 1. The third-order valence-electron chi connectivity index (χ3n) is 1.32. The summed E-state index contributed by atoms with van der Waals surface area (Å²) in [7, 11) is 1.00. The highest BCUT2D eigenvalue weighted by Crippen LogP contribution is 2.11. The molecule has 0 amide bonds. The Morgan fingerprint density at radius 3 is 2.50 bits per heavy atom. The van der Waals surface area contributed by atoms with E-state index in [2.05, 4.69) is 0 Å². The Morgan fingerprint density at radius 2 is 2.30 bits per heavy atom. The summed E-state index contributed by atoms with van der Waals surface area (Å²) in [6, 6.07) is 0. The molecule has 60 valence electrons. The van der Waals surface area contributed by atoms with Crippen LogP contribution in [-0.4, -0.2) is 37.3 Å². The number of nitrogens with two attached hydrogens (primary N) is 1. The van der Waals surface area contributed by atoms with E-state index in [1.165, 1.54) is 0 Å². The lowest BCUT2D eigenvalue weighted by atomic mass is 10.0. The van der Waals surface area contributed by atoms with Gasteiger partial charge in [-0.05, 0) is 6.42 Å². The molecular formula is C6H13NO3. The fourth-order valence-corrected chi connectivity index (χ4v) is 0.689. The van der Waals surface area contributed by atoms with Gasteiger partial charge in [-0.15, -0.1) is 0 Å². The number of carbonyl (C=O) groups is 1. The van der Waals surface area contributed by atoms with Crippen LogP contribution in [0.3, 0.4) is 0 Å². The lowest BCUT2D eigenvalue weighted by Crippen LogP contribution is -2.41. The summed E-state index contributed by atoms with van der Waals surface area (Å²) in [5.74, 6) is 0. The topological polar surface area (TPSA) is 72.5 Å². The van der Waals surface area contributed by atoms with E-state index in [9.17, 15) is 4.79 Å². The summed E-state index contributed by atoms with van der Waals surface area (Å²) in [5.41, 5.74) is 4.80. The standard InChI is InChI=1S/C5H9NO2.CH4O/c6-5(3-7)1-2-8-4-5;1-2/h3H,1-2,4,6H2;2H,1H3. The molecule has 0 aromatic carbocycles. The Bertz CT molecular complexity index is 99.2. The van der Waals surface area contributed by atoms with Gasteiger partial charge in [-0.3, -0.25) is 0 Å². The average molecular weight is 147 g/mol.